The van der Waals surface area contributed by atoms with Crippen molar-refractivity contribution in [1.82, 2.24) is 0 Å². The number of allylic oxidation sites excluding steroid dienone is 6. The van der Waals surface area contributed by atoms with Gasteiger partial charge in [-0.3, -0.25) is 9.59 Å². The van der Waals surface area contributed by atoms with Crippen molar-refractivity contribution in [3.05, 3.63) is 34.9 Å². The summed E-state index contributed by atoms with van der Waals surface area (Å²) < 4.78 is 10.7. The molecule has 0 bridgehead atoms. The quantitative estimate of drug-likeness (QED) is 0.307. The van der Waals surface area contributed by atoms with Crippen LogP contribution in [0, 0.1) is 5.41 Å². The number of carbonyl (C=O) groups is 2. The first-order valence-electron chi connectivity index (χ1n) is 11.5. The van der Waals surface area contributed by atoms with E-state index in [4.69, 9.17) is 9.47 Å². The van der Waals surface area contributed by atoms with Crippen molar-refractivity contribution in [1.29, 1.82) is 0 Å². The first-order valence-corrected chi connectivity index (χ1v) is 11.5. The summed E-state index contributed by atoms with van der Waals surface area (Å²) in [5, 5.41) is 10.8. The Balaban J connectivity index is 2.83. The molecule has 0 saturated heterocycles. The van der Waals surface area contributed by atoms with Gasteiger partial charge in [0.1, 0.15) is 5.78 Å². The van der Waals surface area contributed by atoms with E-state index in [2.05, 4.69) is 45.9 Å². The average molecular weight is 435 g/mol. The molecule has 176 valence electrons. The fraction of sp³-hybridized carbons (Fsp3) is 0.692. The van der Waals surface area contributed by atoms with E-state index in [1.165, 1.54) is 23.8 Å². The van der Waals surface area contributed by atoms with Gasteiger partial charge in [0.25, 0.3) is 0 Å². The molecule has 0 radical (unpaired) electrons. The molecular formula is C26H42O5. The molecule has 0 aromatic heterocycles. The molecule has 0 aliphatic heterocycles. The summed E-state index contributed by atoms with van der Waals surface area (Å²) in [6.45, 7) is 10.8. The number of aliphatic hydroxyl groups is 1. The van der Waals surface area contributed by atoms with Crippen LogP contribution in [0.4, 0.5) is 0 Å². The number of Topliss-reactive ketones (excluding diaryl/α,β-unsaturated/α-hetero) is 1. The van der Waals surface area contributed by atoms with E-state index in [1.54, 1.807) is 0 Å². The normalized spacial score (nSPS) is 23.1. The Labute approximate surface area is 188 Å². The van der Waals surface area contributed by atoms with Crippen LogP contribution in [0.5, 0.6) is 0 Å². The minimum absolute atomic E-state index is 0.0167. The lowest BCUT2D eigenvalue weighted by Crippen LogP contribution is -2.44. The minimum Gasteiger partial charge on any atom is -0.469 e. The van der Waals surface area contributed by atoms with Gasteiger partial charge in [0.05, 0.1) is 25.7 Å². The van der Waals surface area contributed by atoms with Gasteiger partial charge in [-0.1, -0.05) is 34.9 Å². The van der Waals surface area contributed by atoms with Gasteiger partial charge >= 0.3 is 5.97 Å². The number of carbonyl (C=O) groups excluding carboxylic acids is 2. The van der Waals surface area contributed by atoms with E-state index in [1.807, 2.05) is 6.92 Å². The van der Waals surface area contributed by atoms with Gasteiger partial charge in [-0.2, -0.15) is 0 Å². The summed E-state index contributed by atoms with van der Waals surface area (Å²) in [5.74, 6) is -0.373. The number of aliphatic hydroxyl groups excluding tert-OH is 1. The number of hydrogen-bond acceptors (Lipinski definition) is 5. The summed E-state index contributed by atoms with van der Waals surface area (Å²) in [5.41, 5.74) is 3.19. The standard InChI is InChI=1S/C26H42O5/c1-7-31-24(17-25(29)30-6)26(18-22(27)16-23(26)28)15-14-21(5)13-9-12-20(4)11-8-10-19(2)3/h10,12,14,23-24,28H,7-9,11,13,15-18H2,1-6H3. The molecule has 0 aromatic rings. The molecule has 0 spiro atoms. The molecule has 1 aliphatic carbocycles. The van der Waals surface area contributed by atoms with Crippen LogP contribution in [-0.2, 0) is 19.1 Å². The molecule has 3 unspecified atom stereocenters. The summed E-state index contributed by atoms with van der Waals surface area (Å²) in [6.07, 6.45) is 10.2. The maximum atomic E-state index is 12.2. The smallest absolute Gasteiger partial charge is 0.308 e. The van der Waals surface area contributed by atoms with Gasteiger partial charge in [0.2, 0.25) is 0 Å². The lowest BCUT2D eigenvalue weighted by molar-refractivity contribution is -0.151. The topological polar surface area (TPSA) is 72.8 Å². The van der Waals surface area contributed by atoms with Crippen LogP contribution < -0.4 is 0 Å². The molecule has 1 aliphatic rings. The molecule has 31 heavy (non-hydrogen) atoms. The van der Waals surface area contributed by atoms with Crippen LogP contribution in [-0.4, -0.2) is 42.8 Å². The first-order chi connectivity index (χ1) is 14.6. The van der Waals surface area contributed by atoms with Crippen molar-refractivity contribution in [3.63, 3.8) is 0 Å². The van der Waals surface area contributed by atoms with Crippen molar-refractivity contribution in [2.45, 2.75) is 98.2 Å². The van der Waals surface area contributed by atoms with Crippen LogP contribution in [0.15, 0.2) is 34.9 Å². The predicted octanol–water partition coefficient (Wildman–Crippen LogP) is 5.47. The lowest BCUT2D eigenvalue weighted by atomic mass is 9.73. The molecule has 0 aromatic carbocycles. The van der Waals surface area contributed by atoms with Crippen molar-refractivity contribution in [2.75, 3.05) is 13.7 Å². The molecule has 1 N–H and O–H groups in total. The highest BCUT2D eigenvalue weighted by atomic mass is 16.5. The van der Waals surface area contributed by atoms with E-state index in [-0.39, 0.29) is 25.0 Å². The van der Waals surface area contributed by atoms with Crippen molar-refractivity contribution in [2.24, 2.45) is 5.41 Å². The Kier molecular flexibility index (Phi) is 12.0. The molecule has 0 heterocycles. The fourth-order valence-electron chi connectivity index (χ4n) is 4.21. The third kappa shape index (κ3) is 9.12. The van der Waals surface area contributed by atoms with Crippen molar-refractivity contribution in [3.8, 4) is 0 Å². The lowest BCUT2D eigenvalue weighted by Gasteiger charge is -2.38. The Bertz CT molecular complexity index is 684. The number of ether oxygens (including phenoxy) is 2. The van der Waals surface area contributed by atoms with Gasteiger partial charge in [-0.15, -0.1) is 0 Å². The minimum atomic E-state index is -0.817. The highest BCUT2D eigenvalue weighted by Crippen LogP contribution is 2.46. The van der Waals surface area contributed by atoms with E-state index in [0.717, 1.165) is 25.7 Å². The Hall–Kier alpha value is -1.72. The van der Waals surface area contributed by atoms with Crippen LogP contribution in [0.25, 0.3) is 0 Å². The highest BCUT2D eigenvalue weighted by molar-refractivity contribution is 5.83. The summed E-state index contributed by atoms with van der Waals surface area (Å²) in [6, 6.07) is 0. The molecule has 1 saturated carbocycles. The van der Waals surface area contributed by atoms with Crippen molar-refractivity contribution < 1.29 is 24.2 Å². The largest absolute Gasteiger partial charge is 0.469 e. The predicted molar refractivity (Wildman–Crippen MR) is 125 cm³/mol. The molecular weight excluding hydrogens is 392 g/mol. The Morgan fingerprint density at radius 2 is 1.74 bits per heavy atom. The Morgan fingerprint density at radius 1 is 1.13 bits per heavy atom. The van der Waals surface area contributed by atoms with Crippen LogP contribution >= 0.6 is 0 Å². The van der Waals surface area contributed by atoms with Gasteiger partial charge in [0.15, 0.2) is 0 Å². The van der Waals surface area contributed by atoms with Gasteiger partial charge < -0.3 is 14.6 Å². The third-order valence-electron chi connectivity index (χ3n) is 6.15. The van der Waals surface area contributed by atoms with Gasteiger partial charge in [-0.05, 0) is 66.7 Å². The van der Waals surface area contributed by atoms with Crippen LogP contribution in [0.1, 0.15) is 86.0 Å². The zero-order valence-electron chi connectivity index (χ0n) is 20.3. The van der Waals surface area contributed by atoms with Crippen LogP contribution in [0.3, 0.4) is 0 Å². The number of methoxy groups -OCH3 is 1. The molecule has 0 amide bonds. The second-order valence-electron chi connectivity index (χ2n) is 9.06. The average Bonchev–Trinajstić information content (AvgIpc) is 2.99. The van der Waals surface area contributed by atoms with E-state index >= 15 is 0 Å². The highest BCUT2D eigenvalue weighted by Gasteiger charge is 2.52. The molecule has 1 fully saturated rings. The molecule has 5 nitrogen and oxygen atoms in total. The van der Waals surface area contributed by atoms with Crippen LogP contribution in [0.2, 0.25) is 0 Å². The molecule has 1 rings (SSSR count). The summed E-state index contributed by atoms with van der Waals surface area (Å²) >= 11 is 0. The maximum Gasteiger partial charge on any atom is 0.308 e. The third-order valence-corrected chi connectivity index (χ3v) is 6.15. The zero-order chi connectivity index (χ0) is 23.4. The summed E-state index contributed by atoms with van der Waals surface area (Å²) in [4.78, 5) is 24.1. The second-order valence-corrected chi connectivity index (χ2v) is 9.06. The van der Waals surface area contributed by atoms with Crippen molar-refractivity contribution >= 4 is 11.8 Å². The first kappa shape index (κ1) is 27.3. The van der Waals surface area contributed by atoms with Gasteiger partial charge in [-0.25, -0.2) is 0 Å². The number of rotatable bonds is 13. The number of ketones is 1. The number of hydrogen-bond donors (Lipinski definition) is 1. The monoisotopic (exact) mass is 434 g/mol. The summed E-state index contributed by atoms with van der Waals surface area (Å²) in [7, 11) is 1.34. The molecule has 3 atom stereocenters. The van der Waals surface area contributed by atoms with E-state index in [0.29, 0.717) is 13.0 Å². The number of esters is 1. The van der Waals surface area contributed by atoms with E-state index < -0.39 is 23.6 Å². The Morgan fingerprint density at radius 3 is 2.26 bits per heavy atom. The SMILES string of the molecule is CCOC(CC(=O)OC)C1(CC=C(C)CCC=C(C)CCC=C(C)C)CC(=O)CC1O. The molecule has 5 heteroatoms. The fourth-order valence-corrected chi connectivity index (χ4v) is 4.21. The second kappa shape index (κ2) is 13.6. The zero-order valence-corrected chi connectivity index (χ0v) is 20.3. The maximum absolute atomic E-state index is 12.2. The van der Waals surface area contributed by atoms with E-state index in [9.17, 15) is 14.7 Å². The van der Waals surface area contributed by atoms with Gasteiger partial charge in [0, 0.05) is 24.9 Å².